The fourth-order valence-electron chi connectivity index (χ4n) is 1.97. The molecule has 1 rings (SSSR count). The van der Waals surface area contributed by atoms with E-state index in [1.807, 2.05) is 12.2 Å². The number of carbonyl (C=O) groups is 2. The van der Waals surface area contributed by atoms with Crippen LogP contribution in [0.2, 0.25) is 0 Å². The van der Waals surface area contributed by atoms with Gasteiger partial charge >= 0.3 is 5.97 Å². The van der Waals surface area contributed by atoms with E-state index in [-0.39, 0.29) is 29.8 Å². The fourth-order valence-corrected chi connectivity index (χ4v) is 1.97. The highest BCUT2D eigenvalue weighted by Crippen LogP contribution is 2.19. The maximum atomic E-state index is 12.0. The van der Waals surface area contributed by atoms with Crippen molar-refractivity contribution in [3.05, 3.63) is 12.2 Å². The molecule has 1 aliphatic rings. The Kier molecular flexibility index (Phi) is 4.69. The molecule has 0 saturated carbocycles. The Morgan fingerprint density at radius 2 is 2.18 bits per heavy atom. The molecular formula is C12H20N2O3. The van der Waals surface area contributed by atoms with Crippen LogP contribution in [0.4, 0.5) is 0 Å². The number of rotatable bonds is 4. The molecule has 0 aromatic carbocycles. The first kappa shape index (κ1) is 13.7. The summed E-state index contributed by atoms with van der Waals surface area (Å²) in [6.07, 6.45) is 4.34. The molecule has 5 nitrogen and oxygen atoms in total. The Morgan fingerprint density at radius 3 is 2.65 bits per heavy atom. The number of hydrogen-bond donors (Lipinski definition) is 1. The number of nitrogens with zero attached hydrogens (tertiary/aromatic N) is 1. The third-order valence-electron chi connectivity index (χ3n) is 2.96. The minimum atomic E-state index is -0.312. The summed E-state index contributed by atoms with van der Waals surface area (Å²) in [4.78, 5) is 24.8. The van der Waals surface area contributed by atoms with Gasteiger partial charge in [-0.2, -0.15) is 0 Å². The highest BCUT2D eigenvalue weighted by Gasteiger charge is 2.27. The van der Waals surface area contributed by atoms with Crippen LogP contribution in [0.3, 0.4) is 0 Å². The van der Waals surface area contributed by atoms with Gasteiger partial charge in [0, 0.05) is 19.6 Å². The number of nitrogens with two attached hydrogens (primary N) is 1. The van der Waals surface area contributed by atoms with Crippen LogP contribution in [0, 0.1) is 11.8 Å². The maximum Gasteiger partial charge on any atom is 0.310 e. The van der Waals surface area contributed by atoms with E-state index < -0.39 is 0 Å². The topological polar surface area (TPSA) is 72.6 Å². The van der Waals surface area contributed by atoms with E-state index in [1.165, 1.54) is 7.11 Å². The van der Waals surface area contributed by atoms with Gasteiger partial charge in [0.25, 0.3) is 0 Å². The summed E-state index contributed by atoms with van der Waals surface area (Å²) < 4.78 is 4.62. The monoisotopic (exact) mass is 240 g/mol. The summed E-state index contributed by atoms with van der Waals surface area (Å²) >= 11 is 0. The molecule has 0 spiro atoms. The molecular weight excluding hydrogens is 220 g/mol. The Morgan fingerprint density at radius 1 is 1.53 bits per heavy atom. The van der Waals surface area contributed by atoms with E-state index in [2.05, 4.69) is 4.74 Å². The standard InChI is InChI=1S/C12H20N2O3/c1-8(12(16)17-3)7-14(2)11(15)9-4-5-10(13)6-9/h4-5,8-10H,6-7,13H2,1-3H3. The van der Waals surface area contributed by atoms with Crippen molar-refractivity contribution in [1.82, 2.24) is 4.90 Å². The molecule has 3 unspecified atom stereocenters. The maximum absolute atomic E-state index is 12.0. The minimum Gasteiger partial charge on any atom is -0.469 e. The van der Waals surface area contributed by atoms with E-state index >= 15 is 0 Å². The Bertz CT molecular complexity index is 328. The summed E-state index contributed by atoms with van der Waals surface area (Å²) in [6.45, 7) is 2.11. The lowest BCUT2D eigenvalue weighted by molar-refractivity contribution is -0.146. The first-order valence-corrected chi connectivity index (χ1v) is 5.72. The lowest BCUT2D eigenvalue weighted by atomic mass is 10.1. The lowest BCUT2D eigenvalue weighted by Crippen LogP contribution is -2.37. The van der Waals surface area contributed by atoms with Crippen LogP contribution >= 0.6 is 0 Å². The highest BCUT2D eigenvalue weighted by molar-refractivity contribution is 5.81. The van der Waals surface area contributed by atoms with Gasteiger partial charge in [-0.15, -0.1) is 0 Å². The average Bonchev–Trinajstić information content (AvgIpc) is 2.73. The quantitative estimate of drug-likeness (QED) is 0.561. The van der Waals surface area contributed by atoms with Gasteiger partial charge in [0.15, 0.2) is 0 Å². The normalized spacial score (nSPS) is 24.5. The van der Waals surface area contributed by atoms with Crippen molar-refractivity contribution in [2.45, 2.75) is 19.4 Å². The number of amides is 1. The molecule has 5 heteroatoms. The van der Waals surface area contributed by atoms with Crippen LogP contribution in [-0.2, 0) is 14.3 Å². The van der Waals surface area contributed by atoms with Gasteiger partial charge in [-0.05, 0) is 6.42 Å². The first-order valence-electron chi connectivity index (χ1n) is 5.72. The van der Waals surface area contributed by atoms with Gasteiger partial charge in [0.2, 0.25) is 5.91 Å². The molecule has 1 amide bonds. The van der Waals surface area contributed by atoms with Crippen molar-refractivity contribution in [3.63, 3.8) is 0 Å². The van der Waals surface area contributed by atoms with Gasteiger partial charge in [0.05, 0.1) is 18.9 Å². The van der Waals surface area contributed by atoms with Crippen molar-refractivity contribution < 1.29 is 14.3 Å². The Hall–Kier alpha value is -1.36. The van der Waals surface area contributed by atoms with Gasteiger partial charge in [0.1, 0.15) is 0 Å². The van der Waals surface area contributed by atoms with E-state index in [4.69, 9.17) is 5.73 Å². The summed E-state index contributed by atoms with van der Waals surface area (Å²) in [6, 6.07) is -0.0321. The number of methoxy groups -OCH3 is 1. The summed E-state index contributed by atoms with van der Waals surface area (Å²) in [5.41, 5.74) is 5.70. The molecule has 0 aliphatic heterocycles. The van der Waals surface area contributed by atoms with Crippen LogP contribution in [0.25, 0.3) is 0 Å². The van der Waals surface area contributed by atoms with E-state index in [1.54, 1.807) is 18.9 Å². The van der Waals surface area contributed by atoms with E-state index in [0.717, 1.165) is 0 Å². The molecule has 0 aromatic rings. The second-order valence-electron chi connectivity index (χ2n) is 4.53. The summed E-state index contributed by atoms with van der Waals surface area (Å²) in [5, 5.41) is 0. The fraction of sp³-hybridized carbons (Fsp3) is 0.667. The van der Waals surface area contributed by atoms with Crippen molar-refractivity contribution in [2.24, 2.45) is 17.6 Å². The largest absolute Gasteiger partial charge is 0.469 e. The predicted molar refractivity (Wildman–Crippen MR) is 64.0 cm³/mol. The molecule has 0 fully saturated rings. The van der Waals surface area contributed by atoms with Crippen molar-refractivity contribution >= 4 is 11.9 Å². The van der Waals surface area contributed by atoms with E-state index in [9.17, 15) is 9.59 Å². The molecule has 96 valence electrons. The van der Waals surface area contributed by atoms with Crippen molar-refractivity contribution in [1.29, 1.82) is 0 Å². The Labute approximate surface area is 102 Å². The molecule has 1 aliphatic carbocycles. The van der Waals surface area contributed by atoms with Gasteiger partial charge in [-0.3, -0.25) is 9.59 Å². The second-order valence-corrected chi connectivity index (χ2v) is 4.53. The van der Waals surface area contributed by atoms with E-state index in [0.29, 0.717) is 13.0 Å². The number of carbonyl (C=O) groups excluding carboxylic acids is 2. The summed E-state index contributed by atoms with van der Waals surface area (Å²) in [7, 11) is 3.04. The molecule has 2 N–H and O–H groups in total. The van der Waals surface area contributed by atoms with Gasteiger partial charge < -0.3 is 15.4 Å². The number of hydrogen-bond acceptors (Lipinski definition) is 4. The zero-order valence-electron chi connectivity index (χ0n) is 10.6. The second kappa shape index (κ2) is 5.82. The van der Waals surface area contributed by atoms with Crippen LogP contribution in [-0.4, -0.2) is 43.5 Å². The van der Waals surface area contributed by atoms with Gasteiger partial charge in [-0.1, -0.05) is 19.1 Å². The molecule has 0 radical (unpaired) electrons. The molecule has 0 aromatic heterocycles. The average molecular weight is 240 g/mol. The van der Waals surface area contributed by atoms with Crippen molar-refractivity contribution in [3.8, 4) is 0 Å². The molecule has 0 saturated heterocycles. The number of ether oxygens (including phenoxy) is 1. The lowest BCUT2D eigenvalue weighted by Gasteiger charge is -2.23. The highest BCUT2D eigenvalue weighted by atomic mass is 16.5. The summed E-state index contributed by atoms with van der Waals surface area (Å²) in [5.74, 6) is -0.763. The van der Waals surface area contributed by atoms with Crippen molar-refractivity contribution in [2.75, 3.05) is 20.7 Å². The minimum absolute atomic E-state index is 0.00459. The van der Waals surface area contributed by atoms with Crippen LogP contribution in [0.1, 0.15) is 13.3 Å². The SMILES string of the molecule is COC(=O)C(C)CN(C)C(=O)C1C=CC(N)C1. The smallest absolute Gasteiger partial charge is 0.310 e. The third kappa shape index (κ3) is 3.56. The van der Waals surface area contributed by atoms with Crippen LogP contribution in [0.15, 0.2) is 12.2 Å². The molecule has 3 atom stereocenters. The zero-order valence-corrected chi connectivity index (χ0v) is 10.6. The van der Waals surface area contributed by atoms with Crippen LogP contribution < -0.4 is 5.73 Å². The van der Waals surface area contributed by atoms with Crippen LogP contribution in [0.5, 0.6) is 0 Å². The molecule has 0 bridgehead atoms. The third-order valence-corrected chi connectivity index (χ3v) is 2.96. The Balaban J connectivity index is 2.47. The zero-order chi connectivity index (χ0) is 13.0. The first-order chi connectivity index (χ1) is 7.95. The number of esters is 1. The predicted octanol–water partition coefficient (Wildman–Crippen LogP) is 0.157. The van der Waals surface area contributed by atoms with Gasteiger partial charge in [-0.25, -0.2) is 0 Å². The molecule has 17 heavy (non-hydrogen) atoms. The molecule has 0 heterocycles.